The van der Waals surface area contributed by atoms with Crippen molar-refractivity contribution in [2.75, 3.05) is 17.4 Å². The van der Waals surface area contributed by atoms with Crippen LogP contribution in [0.4, 0.5) is 11.4 Å². The Bertz CT molecular complexity index is 1410. The molecule has 0 aromatic heterocycles. The third-order valence-corrected chi connectivity index (χ3v) is 6.96. The highest BCUT2D eigenvalue weighted by atomic mass is 32.2. The van der Waals surface area contributed by atoms with Gasteiger partial charge >= 0.3 is 0 Å². The Kier molecular flexibility index (Phi) is 6.91. The van der Waals surface area contributed by atoms with Gasteiger partial charge in [-0.25, -0.2) is 0 Å². The molecule has 7 heteroatoms. The maximum Gasteiger partial charge on any atom is 0.255 e. The first-order valence-electron chi connectivity index (χ1n) is 11.5. The normalized spacial score (nSPS) is 12.6. The molecule has 180 valence electrons. The largest absolute Gasteiger partial charge is 0.454 e. The summed E-state index contributed by atoms with van der Waals surface area (Å²) in [6.07, 6.45) is 0. The van der Waals surface area contributed by atoms with Crippen LogP contribution in [0.1, 0.15) is 26.7 Å². The second-order valence-electron chi connectivity index (χ2n) is 8.26. The molecule has 0 bridgehead atoms. The van der Waals surface area contributed by atoms with Crippen molar-refractivity contribution in [2.24, 2.45) is 0 Å². The number of hydrogen-bond donors (Lipinski definition) is 2. The number of benzene rings is 4. The average molecular weight is 497 g/mol. The quantitative estimate of drug-likeness (QED) is 0.288. The smallest absolute Gasteiger partial charge is 0.255 e. The zero-order valence-electron chi connectivity index (χ0n) is 19.6. The van der Waals surface area contributed by atoms with Gasteiger partial charge in [-0.3, -0.25) is 9.59 Å². The maximum absolute atomic E-state index is 13.4. The summed E-state index contributed by atoms with van der Waals surface area (Å²) in [7, 11) is 0. The predicted octanol–water partition coefficient (Wildman–Crippen LogP) is 6.45. The van der Waals surface area contributed by atoms with Crippen molar-refractivity contribution < 1.29 is 19.1 Å². The average Bonchev–Trinajstić information content (AvgIpc) is 3.36. The van der Waals surface area contributed by atoms with Crippen LogP contribution >= 0.6 is 11.8 Å². The molecule has 2 N–H and O–H groups in total. The summed E-state index contributed by atoms with van der Waals surface area (Å²) in [6.45, 7) is 2.08. The van der Waals surface area contributed by atoms with E-state index < -0.39 is 5.25 Å². The summed E-state index contributed by atoms with van der Waals surface area (Å²) in [6, 6.07) is 29.9. The molecule has 0 saturated carbocycles. The number of ether oxygens (including phenoxy) is 2. The third-order valence-electron chi connectivity index (χ3n) is 5.72. The Morgan fingerprint density at radius 2 is 1.53 bits per heavy atom. The highest BCUT2D eigenvalue weighted by molar-refractivity contribution is 8.00. The first kappa shape index (κ1) is 23.5. The zero-order valence-corrected chi connectivity index (χ0v) is 20.4. The molecule has 0 fully saturated rings. The zero-order chi connectivity index (χ0) is 24.9. The second kappa shape index (κ2) is 10.6. The van der Waals surface area contributed by atoms with Crippen molar-refractivity contribution in [3.05, 3.63) is 114 Å². The van der Waals surface area contributed by atoms with E-state index in [4.69, 9.17) is 9.47 Å². The molecular weight excluding hydrogens is 472 g/mol. The lowest BCUT2D eigenvalue weighted by molar-refractivity contribution is -0.115. The van der Waals surface area contributed by atoms with E-state index >= 15 is 0 Å². The van der Waals surface area contributed by atoms with E-state index in [-0.39, 0.29) is 18.6 Å². The van der Waals surface area contributed by atoms with E-state index in [0.717, 1.165) is 16.0 Å². The van der Waals surface area contributed by atoms with E-state index in [0.29, 0.717) is 28.4 Å². The van der Waals surface area contributed by atoms with E-state index in [1.54, 1.807) is 24.3 Å². The number of hydrogen-bond acceptors (Lipinski definition) is 5. The molecule has 4 aromatic rings. The summed E-state index contributed by atoms with van der Waals surface area (Å²) < 4.78 is 10.8. The lowest BCUT2D eigenvalue weighted by Gasteiger charge is -2.18. The fourth-order valence-corrected chi connectivity index (χ4v) is 4.98. The number of nitrogens with one attached hydrogen (secondary N) is 2. The Morgan fingerprint density at radius 1 is 0.778 bits per heavy atom. The number of fused-ring (bicyclic) bond motifs is 1. The van der Waals surface area contributed by atoms with Gasteiger partial charge in [0.1, 0.15) is 5.25 Å². The SMILES string of the molecule is Cc1ccccc1C(=O)Nc1cccc(SC(C(=O)Nc2ccc3c(c2)OCO3)c2ccccc2)c1. The van der Waals surface area contributed by atoms with Gasteiger partial charge in [0.25, 0.3) is 5.91 Å². The Morgan fingerprint density at radius 3 is 2.36 bits per heavy atom. The van der Waals surface area contributed by atoms with Crippen LogP contribution in [0.5, 0.6) is 11.5 Å². The molecule has 2 amide bonds. The molecule has 1 unspecified atom stereocenters. The van der Waals surface area contributed by atoms with Gasteiger partial charge in [0.2, 0.25) is 12.7 Å². The Labute approximate surface area is 213 Å². The molecule has 5 rings (SSSR count). The van der Waals surface area contributed by atoms with E-state index in [9.17, 15) is 9.59 Å². The second-order valence-corrected chi connectivity index (χ2v) is 9.44. The highest BCUT2D eigenvalue weighted by Crippen LogP contribution is 2.39. The van der Waals surface area contributed by atoms with Crippen LogP contribution in [0.3, 0.4) is 0 Å². The van der Waals surface area contributed by atoms with Gasteiger partial charge in [-0.1, -0.05) is 54.6 Å². The van der Waals surface area contributed by atoms with Crippen LogP contribution in [-0.2, 0) is 4.79 Å². The van der Waals surface area contributed by atoms with Gasteiger partial charge in [-0.05, 0) is 54.4 Å². The minimum atomic E-state index is -0.515. The van der Waals surface area contributed by atoms with Gasteiger partial charge < -0.3 is 20.1 Å². The number of amides is 2. The summed E-state index contributed by atoms with van der Waals surface area (Å²) in [5.41, 5.74) is 3.70. The molecule has 0 saturated heterocycles. The van der Waals surface area contributed by atoms with Crippen LogP contribution in [0, 0.1) is 6.92 Å². The molecule has 4 aromatic carbocycles. The van der Waals surface area contributed by atoms with Gasteiger partial charge in [0.05, 0.1) is 0 Å². The van der Waals surface area contributed by atoms with Crippen molar-refractivity contribution in [3.8, 4) is 11.5 Å². The first-order valence-corrected chi connectivity index (χ1v) is 12.3. The van der Waals surface area contributed by atoms with Crippen molar-refractivity contribution >= 4 is 35.0 Å². The van der Waals surface area contributed by atoms with Gasteiger partial charge in [-0.2, -0.15) is 0 Å². The summed E-state index contributed by atoms with van der Waals surface area (Å²) in [5, 5.41) is 5.45. The summed E-state index contributed by atoms with van der Waals surface area (Å²) in [4.78, 5) is 27.1. The minimum Gasteiger partial charge on any atom is -0.454 e. The molecule has 0 spiro atoms. The lowest BCUT2D eigenvalue weighted by Crippen LogP contribution is -2.19. The fraction of sp³-hybridized carbons (Fsp3) is 0.103. The van der Waals surface area contributed by atoms with Gasteiger partial charge in [-0.15, -0.1) is 11.8 Å². The fourth-order valence-electron chi connectivity index (χ4n) is 3.89. The number of aryl methyl sites for hydroxylation is 1. The highest BCUT2D eigenvalue weighted by Gasteiger charge is 2.23. The minimum absolute atomic E-state index is 0.167. The van der Waals surface area contributed by atoms with Crippen molar-refractivity contribution in [1.29, 1.82) is 0 Å². The first-order chi connectivity index (χ1) is 17.6. The summed E-state index contributed by atoms with van der Waals surface area (Å²) in [5.74, 6) is 0.926. The van der Waals surface area contributed by atoms with Crippen LogP contribution in [0.25, 0.3) is 0 Å². The summed E-state index contributed by atoms with van der Waals surface area (Å²) >= 11 is 1.42. The number of rotatable bonds is 7. The molecular formula is C29H24N2O4S. The van der Waals surface area contributed by atoms with Crippen LogP contribution in [0.2, 0.25) is 0 Å². The Balaban J connectivity index is 1.35. The van der Waals surface area contributed by atoms with E-state index in [1.807, 2.05) is 79.7 Å². The Hall–Kier alpha value is -4.23. The van der Waals surface area contributed by atoms with Gasteiger partial charge in [0.15, 0.2) is 11.5 Å². The monoisotopic (exact) mass is 496 g/mol. The number of carbonyl (C=O) groups is 2. The molecule has 36 heavy (non-hydrogen) atoms. The molecule has 1 aliphatic heterocycles. The maximum atomic E-state index is 13.4. The van der Waals surface area contributed by atoms with Crippen molar-refractivity contribution in [2.45, 2.75) is 17.1 Å². The third kappa shape index (κ3) is 5.37. The van der Waals surface area contributed by atoms with E-state index in [2.05, 4.69) is 10.6 Å². The number of thioether (sulfide) groups is 1. The van der Waals surface area contributed by atoms with Crippen LogP contribution in [0.15, 0.2) is 102 Å². The molecule has 1 atom stereocenters. The number of anilines is 2. The number of carbonyl (C=O) groups excluding carboxylic acids is 2. The molecule has 1 aliphatic rings. The van der Waals surface area contributed by atoms with Gasteiger partial charge in [0, 0.05) is 27.9 Å². The molecule has 6 nitrogen and oxygen atoms in total. The van der Waals surface area contributed by atoms with E-state index in [1.165, 1.54) is 11.8 Å². The standard InChI is InChI=1S/C29H24N2O4S/c1-19-8-5-6-13-24(19)28(32)30-21-11-7-12-23(16-21)36-27(20-9-3-2-4-10-20)29(33)31-22-14-15-25-26(17-22)35-18-34-25/h2-17,27H,18H2,1H3,(H,30,32)(H,31,33). The topological polar surface area (TPSA) is 76.7 Å². The van der Waals surface area contributed by atoms with Crippen molar-refractivity contribution in [3.63, 3.8) is 0 Å². The molecule has 0 aliphatic carbocycles. The van der Waals surface area contributed by atoms with Crippen LogP contribution < -0.4 is 20.1 Å². The predicted molar refractivity (Wildman–Crippen MR) is 142 cm³/mol. The van der Waals surface area contributed by atoms with Crippen LogP contribution in [-0.4, -0.2) is 18.6 Å². The lowest BCUT2D eigenvalue weighted by atomic mass is 10.1. The molecule has 0 radical (unpaired) electrons. The molecule has 1 heterocycles. The van der Waals surface area contributed by atoms with Crippen molar-refractivity contribution in [1.82, 2.24) is 0 Å².